The zero-order chi connectivity index (χ0) is 45.5. The number of amides is 4. The highest BCUT2D eigenvalue weighted by Gasteiger charge is 2.30. The Kier molecular flexibility index (Phi) is 25.7. The number of hydrogen-bond acceptors (Lipinski definition) is 12. The molecule has 16 heteroatoms. The van der Waals surface area contributed by atoms with Crippen LogP contribution in [-0.2, 0) is 38.1 Å². The van der Waals surface area contributed by atoms with Crippen LogP contribution in [0.4, 0.5) is 9.59 Å². The summed E-state index contributed by atoms with van der Waals surface area (Å²) >= 11 is 0. The minimum absolute atomic E-state index is 0.0255. The molecule has 1 aliphatic heterocycles. The minimum atomic E-state index is -0.939. The molecule has 60 heavy (non-hydrogen) atoms. The number of alkyl carbamates (subject to hydrolysis) is 2. The molecule has 0 fully saturated rings. The molecule has 1 aliphatic rings. The highest BCUT2D eigenvalue weighted by Crippen LogP contribution is 2.43. The van der Waals surface area contributed by atoms with E-state index in [2.05, 4.69) is 10.6 Å². The minimum Gasteiger partial charge on any atom is -0.464 e. The van der Waals surface area contributed by atoms with Crippen molar-refractivity contribution in [3.8, 4) is 0 Å². The van der Waals surface area contributed by atoms with E-state index < -0.39 is 47.4 Å². The van der Waals surface area contributed by atoms with Crippen LogP contribution in [0, 0.1) is 11.8 Å². The number of hydrogen-bond donors (Lipinski definition) is 2. The molecule has 0 aromatic heterocycles. The molecule has 0 aliphatic carbocycles. The van der Waals surface area contributed by atoms with Crippen molar-refractivity contribution in [2.24, 2.45) is 11.8 Å². The molecule has 0 radical (unpaired) electrons. The fourth-order valence-electron chi connectivity index (χ4n) is 6.10. The summed E-state index contributed by atoms with van der Waals surface area (Å²) in [6.07, 6.45) is 11.3. The van der Waals surface area contributed by atoms with E-state index in [4.69, 9.17) is 18.9 Å². The van der Waals surface area contributed by atoms with Crippen LogP contribution in [0.5, 0.6) is 0 Å². The summed E-state index contributed by atoms with van der Waals surface area (Å²) in [5, 5.41) is 5.27. The van der Waals surface area contributed by atoms with Gasteiger partial charge >= 0.3 is 24.1 Å². The van der Waals surface area contributed by atoms with Gasteiger partial charge in [0, 0.05) is 47.1 Å². The molecule has 0 unspecified atom stereocenters. The van der Waals surface area contributed by atoms with E-state index >= 15 is 0 Å². The Hall–Kier alpha value is -3.40. The molecule has 0 saturated carbocycles. The third-order valence-corrected chi connectivity index (χ3v) is 12.5. The molecule has 1 rings (SSSR count). The third-order valence-electron chi connectivity index (χ3n) is 9.55. The summed E-state index contributed by atoms with van der Waals surface area (Å²) in [5.74, 6) is -1.76. The number of nitrogens with one attached hydrogen (secondary N) is 2. The monoisotopic (exact) mass is 885 g/mol. The highest BCUT2D eigenvalue weighted by atomic mass is 33.1. The van der Waals surface area contributed by atoms with Crippen LogP contribution < -0.4 is 10.6 Å². The van der Waals surface area contributed by atoms with Crippen molar-refractivity contribution in [2.75, 3.05) is 26.3 Å². The van der Waals surface area contributed by atoms with Gasteiger partial charge in [-0.2, -0.15) is 0 Å². The first-order valence-electron chi connectivity index (χ1n) is 21.6. The molecule has 14 nitrogen and oxygen atoms in total. The predicted molar refractivity (Wildman–Crippen MR) is 239 cm³/mol. The lowest BCUT2D eigenvalue weighted by Gasteiger charge is -2.26. The molecule has 4 amide bonds. The van der Waals surface area contributed by atoms with Crippen LogP contribution in [0.15, 0.2) is 21.2 Å². The lowest BCUT2D eigenvalue weighted by molar-refractivity contribution is -0.148. The van der Waals surface area contributed by atoms with Crippen molar-refractivity contribution in [3.63, 3.8) is 0 Å². The topological polar surface area (TPSA) is 170 Å². The Bertz CT molecular complexity index is 1330. The van der Waals surface area contributed by atoms with Gasteiger partial charge in [-0.05, 0) is 80.1 Å². The van der Waals surface area contributed by atoms with Crippen molar-refractivity contribution in [3.05, 3.63) is 21.2 Å². The van der Waals surface area contributed by atoms with Gasteiger partial charge in [0.1, 0.15) is 23.3 Å². The molecule has 2 N–H and O–H groups in total. The van der Waals surface area contributed by atoms with E-state index in [0.29, 0.717) is 24.5 Å². The number of carbonyl (C=O) groups is 6. The lowest BCUT2D eigenvalue weighted by Crippen LogP contribution is -2.47. The Morgan fingerprint density at radius 2 is 0.883 bits per heavy atom. The quantitative estimate of drug-likeness (QED) is 0.0734. The summed E-state index contributed by atoms with van der Waals surface area (Å²) in [6, 6.07) is -1.88. The zero-order valence-corrected chi connectivity index (χ0v) is 40.2. The Labute approximate surface area is 368 Å². The molecule has 1 heterocycles. The van der Waals surface area contributed by atoms with E-state index in [0.717, 1.165) is 74.0 Å². The fourth-order valence-corrected chi connectivity index (χ4v) is 8.93. The molecule has 0 spiro atoms. The Morgan fingerprint density at radius 3 is 1.15 bits per heavy atom. The standard InChI is InChI=1S/C44H76N4O10S2/c1-31(2)37(45-41(53)57-43(7,8)9)39(51)55-27-23-35-33(5)47(29-49)25-21-19-17-15-13-14-16-18-20-22-26-48(30-50)34(6)36(60-59-35)24-28-56-40(52)38(32(3)4)46-42(54)58-44(10,11)12/h29-32,37-38H,13-28H2,1-12H3,(H,45,53)(H,46,54)/b35-33-,36-34-/t37-,38-/m0/s1. The molecule has 0 aromatic carbocycles. The first-order valence-corrected chi connectivity index (χ1v) is 23.7. The van der Waals surface area contributed by atoms with Gasteiger partial charge in [-0.25, -0.2) is 19.2 Å². The van der Waals surface area contributed by atoms with Crippen LogP contribution in [0.2, 0.25) is 0 Å². The van der Waals surface area contributed by atoms with Gasteiger partial charge < -0.3 is 39.4 Å². The average Bonchev–Trinajstić information content (AvgIpc) is 3.14. The molecule has 0 bridgehead atoms. The summed E-state index contributed by atoms with van der Waals surface area (Å²) in [7, 11) is 2.78. The van der Waals surface area contributed by atoms with Crippen molar-refractivity contribution >= 4 is 58.5 Å². The van der Waals surface area contributed by atoms with Gasteiger partial charge in [0.15, 0.2) is 0 Å². The molecule has 2 atom stereocenters. The van der Waals surface area contributed by atoms with Crippen LogP contribution in [0.3, 0.4) is 0 Å². The van der Waals surface area contributed by atoms with E-state index in [1.807, 2.05) is 13.8 Å². The van der Waals surface area contributed by atoms with Gasteiger partial charge in [-0.15, -0.1) is 0 Å². The number of esters is 2. The van der Waals surface area contributed by atoms with Gasteiger partial charge in [0.25, 0.3) is 0 Å². The van der Waals surface area contributed by atoms with Crippen LogP contribution >= 0.6 is 21.6 Å². The predicted octanol–water partition coefficient (Wildman–Crippen LogP) is 9.63. The SMILES string of the molecule is C/C1=C(\CCOC(=O)[C@@H](NC(=O)OC(C)(C)C)C(C)C)SS/C(CCOC(=O)[C@@H](NC(=O)OC(C)(C)C)C(C)C)=C(/C)N(C=O)CCCCCCCCCCCCN1C=O. The Balaban J connectivity index is 3.45. The van der Waals surface area contributed by atoms with Gasteiger partial charge in [-0.3, -0.25) is 9.59 Å². The number of rotatable bonds is 14. The third kappa shape index (κ3) is 23.0. The van der Waals surface area contributed by atoms with E-state index in [9.17, 15) is 28.8 Å². The molecular formula is C44H76N4O10S2. The second kappa shape index (κ2) is 28.2. The maximum absolute atomic E-state index is 13.3. The first kappa shape index (κ1) is 54.6. The number of allylic oxidation sites excluding steroid dienone is 2. The van der Waals surface area contributed by atoms with Gasteiger partial charge in [-0.1, -0.05) is 101 Å². The number of carbonyl (C=O) groups excluding carboxylic acids is 6. The van der Waals surface area contributed by atoms with Crippen molar-refractivity contribution in [1.82, 2.24) is 20.4 Å². The Morgan fingerprint density at radius 1 is 0.583 bits per heavy atom. The average molecular weight is 885 g/mol. The summed E-state index contributed by atoms with van der Waals surface area (Å²) < 4.78 is 22.2. The van der Waals surface area contributed by atoms with Crippen molar-refractivity contribution in [2.45, 2.75) is 183 Å². The lowest BCUT2D eigenvalue weighted by atomic mass is 10.1. The number of nitrogens with zero attached hydrogens (tertiary/aromatic N) is 2. The molecule has 0 aromatic rings. The second-order valence-corrected chi connectivity index (χ2v) is 20.2. The van der Waals surface area contributed by atoms with Crippen LogP contribution in [-0.4, -0.2) is 96.3 Å². The van der Waals surface area contributed by atoms with Crippen LogP contribution in [0.25, 0.3) is 0 Å². The fraction of sp³-hybridized carbons (Fsp3) is 0.773. The van der Waals surface area contributed by atoms with E-state index in [1.165, 1.54) is 34.4 Å². The first-order chi connectivity index (χ1) is 28.1. The number of ether oxygens (including phenoxy) is 4. The largest absolute Gasteiger partial charge is 0.464 e. The second-order valence-electron chi connectivity index (χ2n) is 17.9. The van der Waals surface area contributed by atoms with E-state index in [1.54, 1.807) is 79.0 Å². The summed E-state index contributed by atoms with van der Waals surface area (Å²) in [5.41, 5.74) is -0.0646. The van der Waals surface area contributed by atoms with Gasteiger partial charge in [0.05, 0.1) is 13.2 Å². The summed E-state index contributed by atoms with van der Waals surface area (Å²) in [6.45, 7) is 22.4. The van der Waals surface area contributed by atoms with E-state index in [-0.39, 0.29) is 37.9 Å². The molecular weight excluding hydrogens is 809 g/mol. The van der Waals surface area contributed by atoms with Crippen LogP contribution in [0.1, 0.15) is 160 Å². The smallest absolute Gasteiger partial charge is 0.408 e. The summed E-state index contributed by atoms with van der Waals surface area (Å²) in [4.78, 5) is 81.6. The maximum Gasteiger partial charge on any atom is 0.408 e. The van der Waals surface area contributed by atoms with Gasteiger partial charge in [0.2, 0.25) is 12.8 Å². The highest BCUT2D eigenvalue weighted by molar-refractivity contribution is 8.79. The van der Waals surface area contributed by atoms with Crippen molar-refractivity contribution in [1.29, 1.82) is 0 Å². The molecule has 0 saturated heterocycles. The van der Waals surface area contributed by atoms with Crippen molar-refractivity contribution < 1.29 is 47.7 Å². The zero-order valence-electron chi connectivity index (χ0n) is 38.6. The maximum atomic E-state index is 13.3. The normalized spacial score (nSPS) is 19.8. The molecule has 344 valence electrons.